The first-order valence-corrected chi connectivity index (χ1v) is 5.67. The number of aryl methyl sites for hydroxylation is 1. The second kappa shape index (κ2) is 10.4. The number of benzene rings is 1. The Hall–Kier alpha value is -1.12. The second-order valence-corrected chi connectivity index (χ2v) is 2.58. The molecule has 1 aromatic carbocycles. The summed E-state index contributed by atoms with van der Waals surface area (Å²) in [7, 11) is 8.90. The van der Waals surface area contributed by atoms with Gasteiger partial charge in [0.15, 0.2) is 0 Å². The van der Waals surface area contributed by atoms with E-state index in [-0.39, 0.29) is 0 Å². The molecule has 0 heterocycles. The predicted octanol–water partition coefficient (Wildman–Crippen LogP) is 2.86. The topological polar surface area (TPSA) is 18.5 Å². The first-order valence-electron chi connectivity index (χ1n) is 5.67. The monoisotopic (exact) mass is 222 g/mol. The number of methoxy groups -OCH3 is 2. The van der Waals surface area contributed by atoms with E-state index in [4.69, 9.17) is 17.3 Å². The van der Waals surface area contributed by atoms with Gasteiger partial charge < -0.3 is 9.47 Å². The molecule has 1 rings (SSSR count). The van der Waals surface area contributed by atoms with Crippen LogP contribution in [0.3, 0.4) is 0 Å². The summed E-state index contributed by atoms with van der Waals surface area (Å²) in [5.41, 5.74) is 1.61. The molecule has 0 spiro atoms. The molecule has 0 aliphatic heterocycles. The van der Waals surface area contributed by atoms with Gasteiger partial charge in [-0.3, -0.25) is 0 Å². The maximum absolute atomic E-state index is 5.72. The van der Waals surface area contributed by atoms with Crippen LogP contribution in [0.2, 0.25) is 0 Å². The number of ether oxygens (including phenoxy) is 2. The van der Waals surface area contributed by atoms with Gasteiger partial charge in [0, 0.05) is 0 Å². The Kier molecular flexibility index (Phi) is 11.2. The van der Waals surface area contributed by atoms with Gasteiger partial charge in [0.25, 0.3) is 0 Å². The quantitative estimate of drug-likeness (QED) is 0.716. The zero-order chi connectivity index (χ0) is 13.1. The van der Waals surface area contributed by atoms with Crippen LogP contribution in [-0.2, 0) is 0 Å². The van der Waals surface area contributed by atoms with Crippen molar-refractivity contribution in [1.82, 2.24) is 0 Å². The zero-order valence-corrected chi connectivity index (χ0v) is 11.5. The Labute approximate surface area is 101 Å². The van der Waals surface area contributed by atoms with Gasteiger partial charge in [-0.2, -0.15) is 0 Å². The van der Waals surface area contributed by atoms with E-state index < -0.39 is 0 Å². The third-order valence-corrected chi connectivity index (χ3v) is 1.69. The largest absolute Gasteiger partial charge is 0.497 e. The molecule has 0 N–H and O–H groups in total. The summed E-state index contributed by atoms with van der Waals surface area (Å²) >= 11 is 0. The van der Waals surface area contributed by atoms with Crippen molar-refractivity contribution in [2.45, 2.75) is 34.6 Å². The van der Waals surface area contributed by atoms with Gasteiger partial charge in [0.1, 0.15) is 19.3 Å². The van der Waals surface area contributed by atoms with E-state index in [0.717, 1.165) is 5.56 Å². The number of hydrogen-bond donors (Lipinski definition) is 0. The van der Waals surface area contributed by atoms with Crippen molar-refractivity contribution >= 4 is 13.3 Å². The Morgan fingerprint density at radius 2 is 1.19 bits per heavy atom. The highest BCUT2D eigenvalue weighted by Gasteiger charge is 2.04. The van der Waals surface area contributed by atoms with E-state index in [1.165, 1.54) is 0 Å². The highest BCUT2D eigenvalue weighted by molar-refractivity contribution is 6.36. The van der Waals surface area contributed by atoms with Crippen molar-refractivity contribution < 1.29 is 9.47 Å². The standard InChI is InChI=1S/C9H11BO2.2C2H6/c1-6-4-7(11-2)9(10)8(5-6)12-3;2*1-2/h4-5H,1-3H3;2*1-2H3. The molecule has 0 aliphatic carbocycles. The van der Waals surface area contributed by atoms with Crippen LogP contribution in [0.1, 0.15) is 33.3 Å². The Morgan fingerprint density at radius 3 is 1.44 bits per heavy atom. The van der Waals surface area contributed by atoms with Crippen molar-refractivity contribution in [2.75, 3.05) is 14.2 Å². The van der Waals surface area contributed by atoms with Gasteiger partial charge in [-0.25, -0.2) is 0 Å². The predicted molar refractivity (Wildman–Crippen MR) is 72.4 cm³/mol. The molecule has 0 fully saturated rings. The molecule has 0 amide bonds. The zero-order valence-electron chi connectivity index (χ0n) is 11.5. The Morgan fingerprint density at radius 1 is 0.875 bits per heavy atom. The van der Waals surface area contributed by atoms with Crippen LogP contribution < -0.4 is 14.9 Å². The smallest absolute Gasteiger partial charge is 0.124 e. The van der Waals surface area contributed by atoms with Crippen LogP contribution in [-0.4, -0.2) is 22.1 Å². The Balaban J connectivity index is 0. The van der Waals surface area contributed by atoms with Gasteiger partial charge in [-0.05, 0) is 30.1 Å². The molecule has 90 valence electrons. The molecule has 0 saturated heterocycles. The SMILES string of the molecule is CC.CC.[B]c1c(OC)cc(C)cc1OC. The highest BCUT2D eigenvalue weighted by atomic mass is 16.5. The first kappa shape index (κ1) is 17.3. The van der Waals surface area contributed by atoms with E-state index >= 15 is 0 Å². The van der Waals surface area contributed by atoms with E-state index in [1.54, 1.807) is 14.2 Å². The molecule has 0 aromatic heterocycles. The van der Waals surface area contributed by atoms with Crippen LogP contribution in [0.25, 0.3) is 0 Å². The van der Waals surface area contributed by atoms with Crippen molar-refractivity contribution in [3.63, 3.8) is 0 Å². The van der Waals surface area contributed by atoms with E-state index in [2.05, 4.69) is 0 Å². The van der Waals surface area contributed by atoms with Crippen molar-refractivity contribution in [2.24, 2.45) is 0 Å². The Bertz CT molecular complexity index is 260. The van der Waals surface area contributed by atoms with Gasteiger partial charge in [0.2, 0.25) is 0 Å². The molecular weight excluding hydrogens is 199 g/mol. The van der Waals surface area contributed by atoms with Gasteiger partial charge in [-0.15, -0.1) is 0 Å². The van der Waals surface area contributed by atoms with Crippen LogP contribution in [0, 0.1) is 6.92 Å². The lowest BCUT2D eigenvalue weighted by Crippen LogP contribution is -2.11. The van der Waals surface area contributed by atoms with Crippen LogP contribution >= 0.6 is 0 Å². The number of rotatable bonds is 2. The average Bonchev–Trinajstić information content (AvgIpc) is 2.36. The molecule has 16 heavy (non-hydrogen) atoms. The van der Waals surface area contributed by atoms with Gasteiger partial charge >= 0.3 is 0 Å². The van der Waals surface area contributed by atoms with Crippen LogP contribution in [0.4, 0.5) is 0 Å². The molecule has 2 radical (unpaired) electrons. The normalized spacial score (nSPS) is 7.94. The summed E-state index contributed by atoms with van der Waals surface area (Å²) in [5.74, 6) is 1.32. The summed E-state index contributed by atoms with van der Waals surface area (Å²) in [4.78, 5) is 0. The molecule has 0 bridgehead atoms. The average molecular weight is 222 g/mol. The molecule has 1 aromatic rings. The lowest BCUT2D eigenvalue weighted by atomic mass is 9.92. The minimum absolute atomic E-state index is 0.547. The summed E-state index contributed by atoms with van der Waals surface area (Å²) in [5, 5.41) is 0. The summed E-state index contributed by atoms with van der Waals surface area (Å²) < 4.78 is 10.1. The lowest BCUT2D eigenvalue weighted by Gasteiger charge is -2.10. The minimum atomic E-state index is 0.547. The molecule has 2 nitrogen and oxygen atoms in total. The fourth-order valence-electron chi connectivity index (χ4n) is 1.07. The third-order valence-electron chi connectivity index (χ3n) is 1.69. The summed E-state index contributed by atoms with van der Waals surface area (Å²) in [6.07, 6.45) is 0. The van der Waals surface area contributed by atoms with E-state index in [0.29, 0.717) is 17.0 Å². The summed E-state index contributed by atoms with van der Waals surface area (Å²) in [6.45, 7) is 9.96. The molecule has 0 saturated carbocycles. The van der Waals surface area contributed by atoms with E-state index in [1.807, 2.05) is 46.8 Å². The van der Waals surface area contributed by atoms with Crippen molar-refractivity contribution in [3.05, 3.63) is 17.7 Å². The van der Waals surface area contributed by atoms with Gasteiger partial charge in [0.05, 0.1) is 14.2 Å². The fourth-order valence-corrected chi connectivity index (χ4v) is 1.07. The van der Waals surface area contributed by atoms with Crippen LogP contribution in [0.15, 0.2) is 12.1 Å². The molecule has 0 unspecified atom stereocenters. The molecule has 3 heteroatoms. The van der Waals surface area contributed by atoms with Gasteiger partial charge in [-0.1, -0.05) is 27.7 Å². The molecule has 0 aliphatic rings. The molecular formula is C13H23BO2. The number of hydrogen-bond acceptors (Lipinski definition) is 2. The lowest BCUT2D eigenvalue weighted by molar-refractivity contribution is 0.400. The highest BCUT2D eigenvalue weighted by Crippen LogP contribution is 2.17. The minimum Gasteiger partial charge on any atom is -0.497 e. The van der Waals surface area contributed by atoms with Crippen molar-refractivity contribution in [1.29, 1.82) is 0 Å². The fraction of sp³-hybridized carbons (Fsp3) is 0.538. The maximum Gasteiger partial charge on any atom is 0.124 e. The first-order chi connectivity index (χ1) is 7.69. The second-order valence-electron chi connectivity index (χ2n) is 2.58. The third kappa shape index (κ3) is 5.10. The molecule has 0 atom stereocenters. The maximum atomic E-state index is 5.72. The van der Waals surface area contributed by atoms with Crippen LogP contribution in [0.5, 0.6) is 11.5 Å². The van der Waals surface area contributed by atoms with Crippen molar-refractivity contribution in [3.8, 4) is 11.5 Å². The summed E-state index contributed by atoms with van der Waals surface area (Å²) in [6, 6.07) is 3.75. The van der Waals surface area contributed by atoms with E-state index in [9.17, 15) is 0 Å².